The molecule has 6 rings (SSSR count). The zero-order valence-corrected chi connectivity index (χ0v) is 30.3. The van der Waals surface area contributed by atoms with E-state index in [0.29, 0.717) is 37.8 Å². The molecule has 3 unspecified atom stereocenters. The molecule has 1 aromatic carbocycles. The summed E-state index contributed by atoms with van der Waals surface area (Å²) in [6, 6.07) is 10.5. The number of aryl methyl sites for hydroxylation is 2. The van der Waals surface area contributed by atoms with Gasteiger partial charge < -0.3 is 10.5 Å². The number of hydrogen-bond acceptors (Lipinski definition) is 7. The van der Waals surface area contributed by atoms with Gasteiger partial charge in [0, 0.05) is 59.3 Å². The summed E-state index contributed by atoms with van der Waals surface area (Å²) in [6.45, 7) is 17.6. The summed E-state index contributed by atoms with van der Waals surface area (Å²) in [5.41, 5.74) is 13.6. The maximum atomic E-state index is 14.1. The maximum absolute atomic E-state index is 14.1. The highest BCUT2D eigenvalue weighted by molar-refractivity contribution is 5.90. The zero-order chi connectivity index (χ0) is 35.1. The number of piperidine rings is 1. The van der Waals surface area contributed by atoms with Gasteiger partial charge in [-0.3, -0.25) is 19.8 Å². The molecule has 10 nitrogen and oxygen atoms in total. The Hall–Kier alpha value is -3.89. The lowest BCUT2D eigenvalue weighted by Crippen LogP contribution is -2.59. The van der Waals surface area contributed by atoms with Crippen molar-refractivity contribution in [1.82, 2.24) is 20.1 Å². The number of guanidine groups is 1. The zero-order valence-electron chi connectivity index (χ0n) is 30.3. The summed E-state index contributed by atoms with van der Waals surface area (Å²) in [6.07, 6.45) is 6.50. The topological polar surface area (TPSA) is 127 Å². The van der Waals surface area contributed by atoms with Gasteiger partial charge >= 0.3 is 12.1 Å². The van der Waals surface area contributed by atoms with Gasteiger partial charge in [0.25, 0.3) is 0 Å². The van der Waals surface area contributed by atoms with Gasteiger partial charge in [-0.05, 0) is 89.4 Å². The number of amides is 1. The van der Waals surface area contributed by atoms with Gasteiger partial charge in [0.1, 0.15) is 12.6 Å². The third-order valence-corrected chi connectivity index (χ3v) is 11.1. The molecule has 0 aliphatic carbocycles. The summed E-state index contributed by atoms with van der Waals surface area (Å²) in [4.78, 5) is 39.3. The lowest BCUT2D eigenvalue weighted by atomic mass is 9.76. The van der Waals surface area contributed by atoms with Crippen molar-refractivity contribution < 1.29 is 18.8 Å². The number of fused-ring (bicyclic) bond motifs is 2. The number of nitrogens with one attached hydrogen (secondary N) is 1. The molecule has 0 saturated carbocycles. The normalized spacial score (nSPS) is 26.0. The number of ketones is 1. The van der Waals surface area contributed by atoms with Crippen LogP contribution in [0.5, 0.6) is 0 Å². The average Bonchev–Trinajstić information content (AvgIpc) is 3.86. The van der Waals surface area contributed by atoms with E-state index in [1.165, 1.54) is 0 Å². The molecule has 3 aromatic rings. The molecular weight excluding hydrogens is 614 g/mol. The van der Waals surface area contributed by atoms with Crippen molar-refractivity contribution in [3.63, 3.8) is 0 Å². The van der Waals surface area contributed by atoms with E-state index in [9.17, 15) is 9.59 Å². The minimum Gasteiger partial charge on any atom is -0.417 e. The number of benzene rings is 1. The summed E-state index contributed by atoms with van der Waals surface area (Å²) in [5, 5.41) is 8.25. The number of nitrogens with two attached hydrogens (primary N) is 1. The number of Topliss-reactive ketones (excluding diaryl/α,β-unsaturated/α-hetero) is 1. The molecule has 3 N–H and O–H groups in total. The van der Waals surface area contributed by atoms with Crippen LogP contribution in [-0.2, 0) is 16.0 Å². The number of carbonyl (C=O) groups is 2. The van der Waals surface area contributed by atoms with E-state index in [0.717, 1.165) is 71.6 Å². The highest BCUT2D eigenvalue weighted by Crippen LogP contribution is 2.41. The minimum absolute atomic E-state index is 0.0176. The smallest absolute Gasteiger partial charge is 0.417 e. The van der Waals surface area contributed by atoms with Crippen LogP contribution in [-0.4, -0.2) is 87.3 Å². The van der Waals surface area contributed by atoms with E-state index in [1.54, 1.807) is 12.4 Å². The van der Waals surface area contributed by atoms with Crippen molar-refractivity contribution >= 4 is 17.8 Å². The van der Waals surface area contributed by atoms with Crippen LogP contribution in [0.2, 0.25) is 0 Å². The Balaban J connectivity index is 1.32. The minimum atomic E-state index is -0.577. The molecular formula is C39H54N7O3+. The fourth-order valence-corrected chi connectivity index (χ4v) is 8.57. The lowest BCUT2D eigenvalue weighted by molar-refractivity contribution is -0.755. The van der Waals surface area contributed by atoms with Gasteiger partial charge in [-0.25, -0.2) is 4.99 Å². The van der Waals surface area contributed by atoms with Gasteiger partial charge in [-0.15, -0.1) is 0 Å². The first kappa shape index (κ1) is 35.0. The molecule has 3 aliphatic heterocycles. The Kier molecular flexibility index (Phi) is 9.83. The quantitative estimate of drug-likeness (QED) is 0.148. The number of H-pyrrole nitrogens is 1. The van der Waals surface area contributed by atoms with Crippen molar-refractivity contribution in [2.45, 2.75) is 98.1 Å². The number of aliphatic imine (C=N–C) groups is 1. The molecule has 2 aromatic heterocycles. The Morgan fingerprint density at radius 3 is 2.37 bits per heavy atom. The summed E-state index contributed by atoms with van der Waals surface area (Å²) in [5.74, 6) is 1.10. The average molecular weight is 669 g/mol. The number of rotatable bonds is 10. The third-order valence-electron chi connectivity index (χ3n) is 11.1. The predicted octanol–water partition coefficient (Wildman–Crippen LogP) is 6.29. The number of likely N-dealkylation sites (tertiary alicyclic amines) is 1. The third kappa shape index (κ3) is 6.95. The van der Waals surface area contributed by atoms with Crippen LogP contribution < -0.4 is 5.73 Å². The molecule has 49 heavy (non-hydrogen) atoms. The highest BCUT2D eigenvalue weighted by atomic mass is 16.6. The van der Waals surface area contributed by atoms with E-state index in [2.05, 4.69) is 67.8 Å². The van der Waals surface area contributed by atoms with E-state index >= 15 is 0 Å². The second-order valence-corrected chi connectivity index (χ2v) is 15.8. The molecule has 262 valence electrons. The first-order valence-electron chi connectivity index (χ1n) is 18.0. The second-order valence-electron chi connectivity index (χ2n) is 15.8. The van der Waals surface area contributed by atoms with Crippen LogP contribution in [0.1, 0.15) is 93.7 Å². The van der Waals surface area contributed by atoms with Crippen molar-refractivity contribution in [3.05, 3.63) is 70.7 Å². The van der Waals surface area contributed by atoms with E-state index in [-0.39, 0.29) is 40.5 Å². The largest absolute Gasteiger partial charge is 0.524 e. The van der Waals surface area contributed by atoms with Gasteiger partial charge in [-0.1, -0.05) is 38.0 Å². The SMILES string of the molecule is Cc1cc(C)cc(-c2n[nH]c(CC(C)(C)C(=O)C3C4CCN3CC4)c2[C@H](C)CN=C(N)[N+]2(C(=O)OC(C)C)CCC(c3ccncc3)C2)c1. The van der Waals surface area contributed by atoms with Crippen LogP contribution in [0.4, 0.5) is 4.79 Å². The molecule has 3 fully saturated rings. The van der Waals surface area contributed by atoms with Crippen molar-refractivity contribution in [1.29, 1.82) is 0 Å². The summed E-state index contributed by atoms with van der Waals surface area (Å²) >= 11 is 0. The molecule has 5 heterocycles. The number of quaternary nitrogens is 1. The second kappa shape index (κ2) is 13.8. The number of nitrogens with zero attached hydrogens (tertiary/aromatic N) is 5. The first-order chi connectivity index (χ1) is 23.3. The monoisotopic (exact) mass is 668 g/mol. The Bertz CT molecular complexity index is 1670. The highest BCUT2D eigenvalue weighted by Gasteiger charge is 2.51. The van der Waals surface area contributed by atoms with E-state index in [1.807, 2.05) is 26.0 Å². The molecule has 0 radical (unpaired) electrons. The van der Waals surface area contributed by atoms with Gasteiger partial charge in [-0.2, -0.15) is 14.4 Å². The summed E-state index contributed by atoms with van der Waals surface area (Å²) < 4.78 is 5.66. The molecule has 0 spiro atoms. The Morgan fingerprint density at radius 2 is 1.76 bits per heavy atom. The van der Waals surface area contributed by atoms with Gasteiger partial charge in [0.05, 0.1) is 24.8 Å². The van der Waals surface area contributed by atoms with Crippen molar-refractivity contribution in [2.75, 3.05) is 32.7 Å². The molecule has 3 aliphatic rings. The van der Waals surface area contributed by atoms with Gasteiger partial charge in [0.15, 0.2) is 5.78 Å². The number of carbonyl (C=O) groups excluding carboxylic acids is 2. The summed E-state index contributed by atoms with van der Waals surface area (Å²) in [7, 11) is 0. The van der Waals surface area contributed by atoms with Crippen LogP contribution in [0, 0.1) is 25.2 Å². The predicted molar refractivity (Wildman–Crippen MR) is 192 cm³/mol. The fraction of sp³-hybridized carbons (Fsp3) is 0.564. The van der Waals surface area contributed by atoms with E-state index in [4.69, 9.17) is 20.6 Å². The fourth-order valence-electron chi connectivity index (χ4n) is 8.57. The Labute approximate surface area is 291 Å². The van der Waals surface area contributed by atoms with Crippen LogP contribution in [0.15, 0.2) is 47.7 Å². The number of hydrogen-bond donors (Lipinski definition) is 2. The van der Waals surface area contributed by atoms with Crippen LogP contribution in [0.3, 0.4) is 0 Å². The standard InChI is InChI=1S/C39H54N7O3/c1-24(2)49-38(48)46(17-12-30(23-46)28-8-13-41-14-9-28)37(40)42-22-27(5)33-32(43-44-34(33)31-19-25(3)18-26(4)20-31)21-39(6,7)36(47)35-29-10-15-45(35)16-11-29/h8-9,13-14,18-20,24,27,29-30,35H,10-12,15-17,21-23H2,1-7H3,(H2,40,42)(H,43,44)/q+1/t27-,30?,35?,46?/m1/s1. The number of pyridine rings is 1. The molecule has 2 bridgehead atoms. The van der Waals surface area contributed by atoms with Gasteiger partial charge in [0.2, 0.25) is 0 Å². The van der Waals surface area contributed by atoms with Crippen molar-refractivity contribution in [3.8, 4) is 11.3 Å². The van der Waals surface area contributed by atoms with Crippen molar-refractivity contribution in [2.24, 2.45) is 22.1 Å². The first-order valence-corrected chi connectivity index (χ1v) is 18.0. The lowest BCUT2D eigenvalue weighted by Gasteiger charge is -2.30. The number of ether oxygens (including phenoxy) is 1. The maximum Gasteiger partial charge on any atom is 0.524 e. The van der Waals surface area contributed by atoms with E-state index < -0.39 is 5.41 Å². The molecule has 3 saturated heterocycles. The number of aromatic nitrogens is 3. The molecule has 1 amide bonds. The Morgan fingerprint density at radius 1 is 1.08 bits per heavy atom. The molecule has 10 heteroatoms. The van der Waals surface area contributed by atoms with Crippen LogP contribution in [0.25, 0.3) is 11.3 Å². The molecule has 4 atom stereocenters. The number of aromatic amines is 1. The van der Waals surface area contributed by atoms with Crippen LogP contribution >= 0.6 is 0 Å².